The van der Waals surface area contributed by atoms with Gasteiger partial charge in [-0.25, -0.2) is 22.8 Å². The van der Waals surface area contributed by atoms with E-state index in [2.05, 4.69) is 389 Å². The number of aromatic nitrogens is 10. The van der Waals surface area contributed by atoms with Gasteiger partial charge in [-0.05, 0) is 162 Å². The Morgan fingerprint density at radius 3 is 0.842 bits per heavy atom. The summed E-state index contributed by atoms with van der Waals surface area (Å²) in [6.07, 6.45) is 8.88. The van der Waals surface area contributed by atoms with E-state index in [1.54, 1.807) is 6.07 Å². The van der Waals surface area contributed by atoms with Gasteiger partial charge in [-0.3, -0.25) is 0 Å². The first kappa shape index (κ1) is 81.3. The molecule has 1 unspecified atom stereocenters. The lowest BCUT2D eigenvalue weighted by Crippen LogP contribution is -2.44. The molecule has 5 aliphatic heterocycles. The summed E-state index contributed by atoms with van der Waals surface area (Å²) >= 11 is 0. The SMILES string of the molecule is Cc1ccc2c3c(C)ccc4c3n3c(c[n+](C)c3c2c1C)C(C)(C)C4(C)C.Cc1ccc2c3cccc4c3n3c(c(-c5ccccc5)[n+](C)c3c2c1C)C(C)(C)C4(C)C.Cc1ccc2c3cccc4c3n3c(c[n+](C)c3c2c1C)C(C)(C)C4(C)C.[2H]C([2H])([2H])c1ccc2c3c1c1ccc(C)c(C)c1c1n3c(c[n+]1C)C(C)(C([2H])([2H])[2H])C2(C)C.[2H]C([2H])([2H])c1ccc2c3c1c1ccc(C)c(C)c1c1n3c(c[n+]1C)C(C)(C)C2(C)C. The summed E-state index contributed by atoms with van der Waals surface area (Å²) in [6.45, 7) is 61.2. The van der Waals surface area contributed by atoms with Crippen molar-refractivity contribution in [3.05, 3.63) is 317 Å². The van der Waals surface area contributed by atoms with Crippen LogP contribution in [-0.4, -0.2) is 22.0 Å². The van der Waals surface area contributed by atoms with E-state index in [-0.39, 0.29) is 43.3 Å². The molecule has 0 saturated carbocycles. The molecule has 0 aliphatic carbocycles. The normalized spacial score (nSPS) is 19.2. The fourth-order valence-electron chi connectivity index (χ4n) is 26.4. The molecule has 139 heavy (non-hydrogen) atoms. The van der Waals surface area contributed by atoms with Crippen LogP contribution >= 0.6 is 0 Å². The monoisotopic (exact) mass is 1840 g/mol. The van der Waals surface area contributed by atoms with Crippen molar-refractivity contribution in [2.75, 3.05) is 0 Å². The Morgan fingerprint density at radius 2 is 0.496 bits per heavy atom. The number of nitrogens with zero attached hydrogens (tertiary/aromatic N) is 10. The van der Waals surface area contributed by atoms with Crippen molar-refractivity contribution in [3.8, 4) is 11.3 Å². The molecule has 0 amide bonds. The molecule has 0 saturated heterocycles. The number of pyridine rings is 5. The molecule has 1 atom stereocenters. The predicted octanol–water partition coefficient (Wildman–Crippen LogP) is 28.9. The van der Waals surface area contributed by atoms with Gasteiger partial charge >= 0.3 is 0 Å². The van der Waals surface area contributed by atoms with Crippen molar-refractivity contribution < 1.29 is 35.2 Å². The summed E-state index contributed by atoms with van der Waals surface area (Å²) in [6, 6.07) is 58.9. The predicted molar refractivity (Wildman–Crippen MR) is 585 cm³/mol. The van der Waals surface area contributed by atoms with E-state index in [1.807, 2.05) is 81.1 Å². The zero-order chi connectivity index (χ0) is 107. The maximum Gasteiger partial charge on any atom is 0.295 e. The van der Waals surface area contributed by atoms with Crippen LogP contribution < -0.4 is 22.8 Å². The standard InChI is InChI=1S/C30H31N2.3C25H29N2.C24H27N2/c1-18-16-17-21-22-14-11-15-23-26(22)32-27(30(5,6)29(23,3)4)25(20-12-9-8-10-13-20)31(7)28(32)24(21)19(18)2;3*1-14-9-11-17-20-15(2)10-12-18-22(20)27-19(25(6,7)24(18,4)5)13-26(8)23(27)21(17)16(14)3;1-14-11-12-16-17-9-8-10-18-21(17)26-19(24(5,6)23(18,3)4)13-25(7)22(26)20(16)15(14)2/h8-17H,1-7H3;3*9-13H,1-8H3;8-13H,1-7H3/q5*+1/i;2D3,6D3;2D3;;. The van der Waals surface area contributed by atoms with Crippen LogP contribution in [0.1, 0.15) is 279 Å². The molecule has 0 radical (unpaired) electrons. The van der Waals surface area contributed by atoms with Crippen LogP contribution in [0.2, 0.25) is 0 Å². The summed E-state index contributed by atoms with van der Waals surface area (Å²) in [5.74, 6) is 0. The smallest absolute Gasteiger partial charge is 0.232 e. The third kappa shape index (κ3) is 11.2. The number of aryl methyl sites for hydroxylation is 18. The van der Waals surface area contributed by atoms with Crippen molar-refractivity contribution in [2.45, 2.75) is 282 Å². The summed E-state index contributed by atoms with van der Waals surface area (Å²) in [5.41, 5.74) is 40.0. The number of rotatable bonds is 1. The lowest BCUT2D eigenvalue weighted by Gasteiger charge is -2.43. The van der Waals surface area contributed by atoms with E-state index in [1.165, 1.54) is 188 Å². The van der Waals surface area contributed by atoms with Crippen LogP contribution in [0.5, 0.6) is 0 Å². The minimum Gasteiger partial charge on any atom is -0.232 e. The van der Waals surface area contributed by atoms with Gasteiger partial charge in [-0.2, -0.15) is 22.0 Å². The van der Waals surface area contributed by atoms with E-state index >= 15 is 0 Å². The van der Waals surface area contributed by atoms with E-state index in [4.69, 9.17) is 12.3 Å². The average Bonchev–Trinajstić information content (AvgIpc) is 1.49. The van der Waals surface area contributed by atoms with E-state index in [0.29, 0.717) is 22.2 Å². The Kier molecular flexibility index (Phi) is 17.0. The molecule has 0 spiro atoms. The van der Waals surface area contributed by atoms with Crippen LogP contribution in [0, 0.1) is 89.9 Å². The van der Waals surface area contributed by atoms with Crippen LogP contribution in [0.15, 0.2) is 189 Å². The number of imidazole rings is 5. The molecular formula is C129H145N10+5. The highest BCUT2D eigenvalue weighted by molar-refractivity contribution is 6.20. The molecule has 10 nitrogen and oxygen atoms in total. The molecule has 0 fully saturated rings. The summed E-state index contributed by atoms with van der Waals surface area (Å²) < 4.78 is 98.9. The fourth-order valence-corrected chi connectivity index (χ4v) is 26.4. The van der Waals surface area contributed by atoms with Gasteiger partial charge in [0, 0.05) is 154 Å². The Hall–Kier alpha value is -12.5. The largest absolute Gasteiger partial charge is 0.295 e. The number of para-hydroxylation sites is 2. The van der Waals surface area contributed by atoms with Gasteiger partial charge in [0.2, 0.25) is 0 Å². The molecule has 5 aliphatic rings. The molecule has 10 heteroatoms. The first-order valence-corrected chi connectivity index (χ1v) is 50.3. The lowest BCUT2D eigenvalue weighted by molar-refractivity contribution is -0.644. The van der Waals surface area contributed by atoms with Gasteiger partial charge in [0.25, 0.3) is 28.2 Å². The fraction of sp³-hybridized carbons (Fsp3) is 0.372. The van der Waals surface area contributed by atoms with Crippen molar-refractivity contribution in [3.63, 3.8) is 0 Å². The number of benzene rings is 11. The second kappa shape index (κ2) is 29.1. The molecule has 10 aromatic heterocycles. The van der Waals surface area contributed by atoms with Gasteiger partial charge < -0.3 is 0 Å². The Labute approximate surface area is 834 Å². The Balaban J connectivity index is 0.000000105. The second-order valence-corrected chi connectivity index (χ2v) is 47.6. The molecule has 706 valence electrons. The zero-order valence-corrected chi connectivity index (χ0v) is 88.9. The summed E-state index contributed by atoms with van der Waals surface area (Å²) in [5, 5.41) is 18.0. The molecule has 0 bridgehead atoms. The van der Waals surface area contributed by atoms with Gasteiger partial charge in [0.15, 0.2) is 34.2 Å². The molecule has 26 rings (SSSR count). The Bertz CT molecular complexity index is 9590. The highest BCUT2D eigenvalue weighted by Crippen LogP contribution is 2.60. The number of hydrogen-bond acceptors (Lipinski definition) is 0. The van der Waals surface area contributed by atoms with Crippen molar-refractivity contribution in [1.82, 2.24) is 22.0 Å². The van der Waals surface area contributed by atoms with Crippen LogP contribution in [0.3, 0.4) is 0 Å². The van der Waals surface area contributed by atoms with Crippen LogP contribution in [0.4, 0.5) is 0 Å². The van der Waals surface area contributed by atoms with E-state index < -0.39 is 31.4 Å². The van der Waals surface area contributed by atoms with Gasteiger partial charge in [0.1, 0.15) is 52.4 Å². The molecule has 21 aromatic rings. The molecule has 15 heterocycles. The zero-order valence-electron chi connectivity index (χ0n) is 97.9. The average molecular weight is 1840 g/mol. The van der Waals surface area contributed by atoms with Crippen molar-refractivity contribution in [2.24, 2.45) is 35.2 Å². The van der Waals surface area contributed by atoms with Gasteiger partial charge in [-0.15, -0.1) is 0 Å². The minimum absolute atomic E-state index is 0.0161. The summed E-state index contributed by atoms with van der Waals surface area (Å²) in [7, 11) is 10.7. The highest BCUT2D eigenvalue weighted by atomic mass is 15.2. The quantitative estimate of drug-likeness (QED) is 0.116. The molecule has 11 aromatic carbocycles. The van der Waals surface area contributed by atoms with E-state index in [0.717, 1.165) is 65.9 Å². The van der Waals surface area contributed by atoms with Crippen molar-refractivity contribution in [1.29, 1.82) is 0 Å². The third-order valence-electron chi connectivity index (χ3n) is 38.8. The van der Waals surface area contributed by atoms with Crippen LogP contribution in [0.25, 0.3) is 148 Å². The molecular weight excluding hydrogens is 1690 g/mol. The first-order chi connectivity index (χ1) is 68.8. The minimum atomic E-state index is -2.30. The third-order valence-corrected chi connectivity index (χ3v) is 38.8. The topological polar surface area (TPSA) is 41.4 Å². The van der Waals surface area contributed by atoms with Gasteiger partial charge in [0.05, 0.1) is 62.2 Å². The van der Waals surface area contributed by atoms with Crippen molar-refractivity contribution >= 4 is 137 Å². The maximum absolute atomic E-state index is 8.59. The Morgan fingerprint density at radius 1 is 0.223 bits per heavy atom. The number of hydrogen-bond donors (Lipinski definition) is 0. The first-order valence-electron chi connectivity index (χ1n) is 54.8. The second-order valence-electron chi connectivity index (χ2n) is 47.6. The number of fused-ring (bicyclic) bond motifs is 15. The van der Waals surface area contributed by atoms with Gasteiger partial charge in [-0.1, -0.05) is 302 Å². The maximum atomic E-state index is 8.59. The highest BCUT2D eigenvalue weighted by Gasteiger charge is 2.58. The molecule has 0 N–H and O–H groups in total. The van der Waals surface area contributed by atoms with Crippen LogP contribution in [-0.2, 0) is 89.4 Å². The lowest BCUT2D eigenvalue weighted by atomic mass is 9.60. The van der Waals surface area contributed by atoms with E-state index in [9.17, 15) is 0 Å². The summed E-state index contributed by atoms with van der Waals surface area (Å²) in [4.78, 5) is 0.